The van der Waals surface area contributed by atoms with Gasteiger partial charge in [0.1, 0.15) is 13.2 Å². The molecule has 0 aromatic heterocycles. The highest BCUT2D eigenvalue weighted by molar-refractivity contribution is 5.70. The summed E-state index contributed by atoms with van der Waals surface area (Å²) in [5.41, 5.74) is 0. The standard InChI is InChI=1S/C84H153NO8/c1-6-8-10-12-14-16-18-20-22-24-26-28-30-32-34-36-38-40-41-43-44-46-48-50-52-54-56-58-60-62-64-66-68-70-72-74-81(86)91-78-80(79-92-84(83(88)89)90-77-76-85(3,4)5)93-82(87)75-73-71-69-67-65-63-61-59-57-55-53-51-49-47-45-42-39-37-35-33-31-29-27-25-23-21-19-17-15-13-11-9-7-2/h9,11,15,17,21,23,27,29,33,35,39,42,80,84H,6-8,10,12-14,16,18-20,22,24-26,28,30-32,34,36-38,40-41,43-79H2,1-5H3/b11-9-,17-15-,23-21-,29-27-,35-33-,42-39-. The highest BCUT2D eigenvalue weighted by Gasteiger charge is 2.22. The van der Waals surface area contributed by atoms with Crippen LogP contribution in [0, 0.1) is 0 Å². The molecule has 0 saturated heterocycles. The predicted octanol–water partition coefficient (Wildman–Crippen LogP) is 24.3. The number of esters is 2. The van der Waals surface area contributed by atoms with Gasteiger partial charge in [-0.3, -0.25) is 9.59 Å². The lowest BCUT2D eigenvalue weighted by Gasteiger charge is -2.26. The van der Waals surface area contributed by atoms with Crippen molar-refractivity contribution in [3.63, 3.8) is 0 Å². The van der Waals surface area contributed by atoms with Crippen molar-refractivity contribution in [1.82, 2.24) is 0 Å². The zero-order valence-corrected chi connectivity index (χ0v) is 62.1. The van der Waals surface area contributed by atoms with Crippen LogP contribution in [0.25, 0.3) is 0 Å². The van der Waals surface area contributed by atoms with Gasteiger partial charge < -0.3 is 33.3 Å². The van der Waals surface area contributed by atoms with Crippen LogP contribution in [0.2, 0.25) is 0 Å². The molecule has 0 bridgehead atoms. The first-order valence-electron chi connectivity index (χ1n) is 40.1. The van der Waals surface area contributed by atoms with Crippen molar-refractivity contribution in [1.29, 1.82) is 0 Å². The molecule has 0 aromatic carbocycles. The van der Waals surface area contributed by atoms with Gasteiger partial charge in [0.2, 0.25) is 0 Å². The molecular weight excluding hydrogens is 1150 g/mol. The average molecular weight is 1310 g/mol. The first-order valence-corrected chi connectivity index (χ1v) is 40.1. The minimum Gasteiger partial charge on any atom is -0.545 e. The van der Waals surface area contributed by atoms with Crippen molar-refractivity contribution in [2.75, 3.05) is 47.5 Å². The summed E-state index contributed by atoms with van der Waals surface area (Å²) in [6.45, 7) is 4.70. The summed E-state index contributed by atoms with van der Waals surface area (Å²) in [5, 5.41) is 11.9. The number of aliphatic carboxylic acids is 1. The summed E-state index contributed by atoms with van der Waals surface area (Å²) in [6.07, 6.45) is 97.4. The van der Waals surface area contributed by atoms with Gasteiger partial charge in [0.05, 0.1) is 40.3 Å². The molecule has 0 aromatic rings. The molecule has 542 valence electrons. The molecule has 93 heavy (non-hydrogen) atoms. The largest absolute Gasteiger partial charge is 0.545 e. The summed E-state index contributed by atoms with van der Waals surface area (Å²) < 4.78 is 22.9. The Balaban J connectivity index is 4.00. The third kappa shape index (κ3) is 76.0. The number of hydrogen-bond donors (Lipinski definition) is 0. The number of carboxylic acids is 1. The molecule has 0 aliphatic heterocycles. The maximum absolute atomic E-state index is 13.0. The number of hydrogen-bond acceptors (Lipinski definition) is 8. The molecule has 0 saturated carbocycles. The molecule has 0 fully saturated rings. The van der Waals surface area contributed by atoms with Crippen LogP contribution >= 0.6 is 0 Å². The minimum absolute atomic E-state index is 0.148. The fourth-order valence-corrected chi connectivity index (χ4v) is 11.9. The van der Waals surface area contributed by atoms with Crippen LogP contribution < -0.4 is 5.11 Å². The van der Waals surface area contributed by atoms with Gasteiger partial charge in [-0.05, 0) is 64.2 Å². The van der Waals surface area contributed by atoms with Crippen molar-refractivity contribution in [3.05, 3.63) is 72.9 Å². The van der Waals surface area contributed by atoms with Crippen molar-refractivity contribution < 1.29 is 42.9 Å². The van der Waals surface area contributed by atoms with E-state index in [4.69, 9.17) is 18.9 Å². The Morgan fingerprint density at radius 2 is 0.613 bits per heavy atom. The number of ether oxygens (including phenoxy) is 4. The van der Waals surface area contributed by atoms with Gasteiger partial charge in [0.15, 0.2) is 12.4 Å². The van der Waals surface area contributed by atoms with Crippen LogP contribution in [0.15, 0.2) is 72.9 Å². The number of rotatable bonds is 75. The third-order valence-electron chi connectivity index (χ3n) is 18.0. The topological polar surface area (TPSA) is 111 Å². The SMILES string of the molecule is CC/C=C\C/C=C\C/C=C\C/C=C\C/C=C\C/C=C\CCCCCCCCCCCCCCCCC(=O)OC(COC(=O)CCCCCCCCCCCCCCCCCCCCCCCCCCCCCCCCCCCCC)COC(OCC[N+](C)(C)C)C(=O)[O-]. The second-order valence-electron chi connectivity index (χ2n) is 28.3. The van der Waals surface area contributed by atoms with Crippen LogP contribution in [-0.2, 0) is 33.3 Å². The van der Waals surface area contributed by atoms with Crippen molar-refractivity contribution in [2.45, 2.75) is 399 Å². The molecule has 0 amide bonds. The summed E-state index contributed by atoms with van der Waals surface area (Å²) in [4.78, 5) is 37.6. The lowest BCUT2D eigenvalue weighted by Crippen LogP contribution is -2.44. The van der Waals surface area contributed by atoms with Gasteiger partial charge in [-0.25, -0.2) is 0 Å². The lowest BCUT2D eigenvalue weighted by molar-refractivity contribution is -0.870. The molecule has 0 aliphatic carbocycles. The Morgan fingerprint density at radius 3 is 0.914 bits per heavy atom. The van der Waals surface area contributed by atoms with E-state index in [-0.39, 0.29) is 32.2 Å². The van der Waals surface area contributed by atoms with E-state index in [1.54, 1.807) is 0 Å². The van der Waals surface area contributed by atoms with Crippen LogP contribution in [-0.4, -0.2) is 82.3 Å². The Kier molecular flexibility index (Phi) is 71.9. The number of nitrogens with zero attached hydrogens (tertiary/aromatic N) is 1. The van der Waals surface area contributed by atoms with Gasteiger partial charge in [-0.1, -0.05) is 382 Å². The van der Waals surface area contributed by atoms with E-state index in [1.807, 2.05) is 21.1 Å². The Bertz CT molecular complexity index is 1760. The quantitative estimate of drug-likeness (QED) is 0.0195. The van der Waals surface area contributed by atoms with E-state index in [0.29, 0.717) is 23.9 Å². The average Bonchev–Trinajstić information content (AvgIpc) is 3.74. The second-order valence-corrected chi connectivity index (χ2v) is 28.3. The van der Waals surface area contributed by atoms with Crippen LogP contribution in [0.4, 0.5) is 0 Å². The zero-order chi connectivity index (χ0) is 67.5. The van der Waals surface area contributed by atoms with Crippen LogP contribution in [0.1, 0.15) is 386 Å². The molecular formula is C84H153NO8. The molecule has 0 N–H and O–H groups in total. The van der Waals surface area contributed by atoms with Crippen molar-refractivity contribution in [2.24, 2.45) is 0 Å². The molecule has 9 heteroatoms. The van der Waals surface area contributed by atoms with Gasteiger partial charge in [0, 0.05) is 12.8 Å². The second kappa shape index (κ2) is 74.5. The molecule has 9 nitrogen and oxygen atoms in total. The van der Waals surface area contributed by atoms with Gasteiger partial charge in [-0.2, -0.15) is 0 Å². The lowest BCUT2D eigenvalue weighted by atomic mass is 10.0. The number of allylic oxidation sites excluding steroid dienone is 12. The van der Waals surface area contributed by atoms with Crippen molar-refractivity contribution >= 4 is 17.9 Å². The normalized spacial score (nSPS) is 13.0. The maximum Gasteiger partial charge on any atom is 0.306 e. The summed E-state index contributed by atoms with van der Waals surface area (Å²) in [5.74, 6) is -2.26. The zero-order valence-electron chi connectivity index (χ0n) is 62.1. The molecule has 0 radical (unpaired) electrons. The number of carbonyl (C=O) groups is 3. The first-order chi connectivity index (χ1) is 45.6. The number of carboxylic acid groups (broad SMARTS) is 1. The highest BCUT2D eigenvalue weighted by Crippen LogP contribution is 2.20. The predicted molar refractivity (Wildman–Crippen MR) is 398 cm³/mol. The van der Waals surface area contributed by atoms with E-state index in [9.17, 15) is 19.5 Å². The van der Waals surface area contributed by atoms with E-state index in [0.717, 1.165) is 77.0 Å². The Labute approximate surface area is 577 Å². The van der Waals surface area contributed by atoms with Gasteiger partial charge in [0.25, 0.3) is 0 Å². The Morgan fingerprint density at radius 1 is 0.333 bits per heavy atom. The first kappa shape index (κ1) is 89.7. The molecule has 0 spiro atoms. The highest BCUT2D eigenvalue weighted by atomic mass is 16.7. The Hall–Kier alpha value is -3.27. The number of quaternary nitrogens is 1. The maximum atomic E-state index is 13.0. The number of unbranched alkanes of at least 4 members (excludes halogenated alkanes) is 48. The van der Waals surface area contributed by atoms with Crippen molar-refractivity contribution in [3.8, 4) is 0 Å². The summed E-state index contributed by atoms with van der Waals surface area (Å²) in [7, 11) is 5.95. The number of likely N-dealkylation sites (N-methyl/N-ethyl adjacent to an activating group) is 1. The van der Waals surface area contributed by atoms with E-state index < -0.39 is 24.3 Å². The smallest absolute Gasteiger partial charge is 0.306 e. The summed E-state index contributed by atoms with van der Waals surface area (Å²) >= 11 is 0. The van der Waals surface area contributed by atoms with Gasteiger partial charge in [-0.15, -0.1) is 0 Å². The fraction of sp³-hybridized carbons (Fsp3) is 0.821. The molecule has 2 unspecified atom stereocenters. The van der Waals surface area contributed by atoms with Crippen LogP contribution in [0.3, 0.4) is 0 Å². The monoisotopic (exact) mass is 1300 g/mol. The van der Waals surface area contributed by atoms with E-state index in [2.05, 4.69) is 86.8 Å². The van der Waals surface area contributed by atoms with Gasteiger partial charge >= 0.3 is 11.9 Å². The molecule has 0 aliphatic rings. The van der Waals surface area contributed by atoms with Crippen LogP contribution in [0.5, 0.6) is 0 Å². The summed E-state index contributed by atoms with van der Waals surface area (Å²) in [6, 6.07) is 0. The number of carbonyl (C=O) groups excluding carboxylic acids is 3. The molecule has 0 rings (SSSR count). The minimum atomic E-state index is -1.62. The fourth-order valence-electron chi connectivity index (χ4n) is 11.9. The molecule has 2 atom stereocenters. The third-order valence-corrected chi connectivity index (χ3v) is 18.0. The van der Waals surface area contributed by atoms with E-state index in [1.165, 1.54) is 276 Å². The van der Waals surface area contributed by atoms with E-state index >= 15 is 0 Å². The molecule has 0 heterocycles.